The summed E-state index contributed by atoms with van der Waals surface area (Å²) in [6.07, 6.45) is 8.84. The van der Waals surface area contributed by atoms with Crippen LogP contribution in [-0.4, -0.2) is 46.0 Å². The first-order valence-electron chi connectivity index (χ1n) is 9.41. The number of nitrogens with zero attached hydrogens (tertiary/aromatic N) is 4. The number of hydrogen-bond acceptors (Lipinski definition) is 5. The zero-order chi connectivity index (χ0) is 19.3. The normalized spacial score (nSPS) is 14.7. The van der Waals surface area contributed by atoms with Gasteiger partial charge in [0, 0.05) is 49.0 Å². The van der Waals surface area contributed by atoms with Gasteiger partial charge in [-0.05, 0) is 48.6 Å². The van der Waals surface area contributed by atoms with E-state index in [0.717, 1.165) is 31.5 Å². The molecule has 6 heteroatoms. The number of aromatic nitrogens is 3. The number of amides is 1. The molecule has 0 N–H and O–H groups in total. The molecular formula is C22H22N4O2. The lowest BCUT2D eigenvalue weighted by molar-refractivity contribution is 0.0713. The van der Waals surface area contributed by atoms with Gasteiger partial charge >= 0.3 is 0 Å². The Morgan fingerprint density at radius 1 is 0.964 bits per heavy atom. The number of rotatable bonds is 4. The van der Waals surface area contributed by atoms with Crippen LogP contribution in [0.3, 0.4) is 0 Å². The lowest BCUT2D eigenvalue weighted by Crippen LogP contribution is -2.37. The van der Waals surface area contributed by atoms with Crippen LogP contribution in [0.15, 0.2) is 61.2 Å². The number of benzene rings is 1. The monoisotopic (exact) mass is 374 g/mol. The minimum absolute atomic E-state index is 0.0749. The minimum Gasteiger partial charge on any atom is -0.479 e. The summed E-state index contributed by atoms with van der Waals surface area (Å²) in [5, 5.41) is 0. The number of piperidine rings is 1. The van der Waals surface area contributed by atoms with Crippen molar-refractivity contribution in [2.24, 2.45) is 0 Å². The Balaban J connectivity index is 1.43. The summed E-state index contributed by atoms with van der Waals surface area (Å²) in [5.41, 5.74) is 3.54. The van der Waals surface area contributed by atoms with Gasteiger partial charge in [-0.15, -0.1) is 0 Å². The lowest BCUT2D eigenvalue weighted by atomic mass is 9.90. The van der Waals surface area contributed by atoms with Crippen molar-refractivity contribution in [3.63, 3.8) is 0 Å². The number of pyridine rings is 1. The Hall–Kier alpha value is -3.28. The topological polar surface area (TPSA) is 68.2 Å². The van der Waals surface area contributed by atoms with E-state index in [1.165, 1.54) is 5.56 Å². The van der Waals surface area contributed by atoms with Crippen molar-refractivity contribution in [2.45, 2.75) is 18.8 Å². The van der Waals surface area contributed by atoms with Crippen molar-refractivity contribution in [1.29, 1.82) is 0 Å². The van der Waals surface area contributed by atoms with Crippen LogP contribution in [0.25, 0.3) is 11.3 Å². The predicted octanol–water partition coefficient (Wildman–Crippen LogP) is 3.57. The Morgan fingerprint density at radius 2 is 1.64 bits per heavy atom. The van der Waals surface area contributed by atoms with E-state index < -0.39 is 0 Å². The maximum Gasteiger partial charge on any atom is 0.253 e. The van der Waals surface area contributed by atoms with Gasteiger partial charge < -0.3 is 9.64 Å². The molecule has 0 unspecified atom stereocenters. The molecule has 28 heavy (non-hydrogen) atoms. The molecule has 3 heterocycles. The molecule has 4 rings (SSSR count). The highest BCUT2D eigenvalue weighted by Gasteiger charge is 2.24. The highest BCUT2D eigenvalue weighted by atomic mass is 16.5. The van der Waals surface area contributed by atoms with Crippen LogP contribution in [0.5, 0.6) is 5.88 Å². The Kier molecular flexibility index (Phi) is 5.28. The number of ether oxygens (including phenoxy) is 1. The number of hydrogen-bond donors (Lipinski definition) is 0. The Labute approximate surface area is 164 Å². The van der Waals surface area contributed by atoms with Crippen molar-refractivity contribution in [2.75, 3.05) is 20.2 Å². The van der Waals surface area contributed by atoms with Gasteiger partial charge in [0.25, 0.3) is 5.91 Å². The SMILES string of the molecule is COc1nccnc1-c1ccc(C(=O)N2CCC(c3ccncc3)CC2)cc1. The van der Waals surface area contributed by atoms with Gasteiger partial charge in [-0.2, -0.15) is 0 Å². The second-order valence-corrected chi connectivity index (χ2v) is 6.84. The summed E-state index contributed by atoms with van der Waals surface area (Å²) in [7, 11) is 1.57. The number of likely N-dealkylation sites (tertiary alicyclic amines) is 1. The maximum atomic E-state index is 12.9. The summed E-state index contributed by atoms with van der Waals surface area (Å²) >= 11 is 0. The van der Waals surface area contributed by atoms with E-state index in [-0.39, 0.29) is 5.91 Å². The molecule has 1 aromatic carbocycles. The first-order valence-corrected chi connectivity index (χ1v) is 9.41. The van der Waals surface area contributed by atoms with Crippen LogP contribution < -0.4 is 4.74 Å². The number of methoxy groups -OCH3 is 1. The number of carbonyl (C=O) groups excluding carboxylic acids is 1. The standard InChI is InChI=1S/C22H22N4O2/c1-28-21-20(24-12-13-25-21)18-2-4-19(5-3-18)22(27)26-14-8-17(9-15-26)16-6-10-23-11-7-16/h2-7,10-13,17H,8-9,14-15H2,1H3. The quantitative estimate of drug-likeness (QED) is 0.698. The molecular weight excluding hydrogens is 352 g/mol. The molecule has 142 valence electrons. The van der Waals surface area contributed by atoms with Gasteiger partial charge in [0.15, 0.2) is 0 Å². The Bertz CT molecular complexity index is 936. The summed E-state index contributed by atoms with van der Waals surface area (Å²) in [6, 6.07) is 11.6. The van der Waals surface area contributed by atoms with Crippen LogP contribution in [0.2, 0.25) is 0 Å². The molecule has 0 atom stereocenters. The minimum atomic E-state index is 0.0749. The fraction of sp³-hybridized carbons (Fsp3) is 0.273. The highest BCUT2D eigenvalue weighted by Crippen LogP contribution is 2.29. The summed E-state index contributed by atoms with van der Waals surface area (Å²) in [6.45, 7) is 1.54. The van der Waals surface area contributed by atoms with Crippen molar-refractivity contribution >= 4 is 5.91 Å². The second-order valence-electron chi connectivity index (χ2n) is 6.84. The molecule has 0 bridgehead atoms. The molecule has 1 aliphatic heterocycles. The van der Waals surface area contributed by atoms with E-state index in [2.05, 4.69) is 27.1 Å². The van der Waals surface area contributed by atoms with Gasteiger partial charge in [-0.25, -0.2) is 9.97 Å². The summed E-state index contributed by atoms with van der Waals surface area (Å²) in [4.78, 5) is 27.4. The molecule has 3 aromatic rings. The molecule has 1 saturated heterocycles. The van der Waals surface area contributed by atoms with Crippen molar-refractivity contribution in [3.8, 4) is 17.1 Å². The largest absolute Gasteiger partial charge is 0.479 e. The van der Waals surface area contributed by atoms with Gasteiger partial charge in [-0.3, -0.25) is 9.78 Å². The number of carbonyl (C=O) groups is 1. The van der Waals surface area contributed by atoms with E-state index in [1.54, 1.807) is 19.5 Å². The first-order chi connectivity index (χ1) is 13.8. The average molecular weight is 374 g/mol. The van der Waals surface area contributed by atoms with Crippen LogP contribution in [0.4, 0.5) is 0 Å². The van der Waals surface area contributed by atoms with Crippen molar-refractivity contribution in [3.05, 3.63) is 72.3 Å². The second kappa shape index (κ2) is 8.17. The molecule has 0 radical (unpaired) electrons. The van der Waals surface area contributed by atoms with Gasteiger partial charge in [0.1, 0.15) is 5.69 Å². The smallest absolute Gasteiger partial charge is 0.253 e. The van der Waals surface area contributed by atoms with Gasteiger partial charge in [-0.1, -0.05) is 12.1 Å². The van der Waals surface area contributed by atoms with Crippen LogP contribution >= 0.6 is 0 Å². The third-order valence-electron chi connectivity index (χ3n) is 5.22. The maximum absolute atomic E-state index is 12.9. The van der Waals surface area contributed by atoms with Crippen LogP contribution in [0, 0.1) is 0 Å². The molecule has 6 nitrogen and oxygen atoms in total. The summed E-state index contributed by atoms with van der Waals surface area (Å²) < 4.78 is 5.27. The lowest BCUT2D eigenvalue weighted by Gasteiger charge is -2.32. The molecule has 0 saturated carbocycles. The van der Waals surface area contributed by atoms with Crippen molar-refractivity contribution in [1.82, 2.24) is 19.9 Å². The van der Waals surface area contributed by atoms with E-state index in [9.17, 15) is 4.79 Å². The molecule has 2 aromatic heterocycles. The van der Waals surface area contributed by atoms with Gasteiger partial charge in [0.05, 0.1) is 7.11 Å². The zero-order valence-electron chi connectivity index (χ0n) is 15.8. The first kappa shape index (κ1) is 18.1. The third kappa shape index (κ3) is 3.71. The summed E-state index contributed by atoms with van der Waals surface area (Å²) in [5.74, 6) is 1.05. The van der Waals surface area contributed by atoms with Crippen molar-refractivity contribution < 1.29 is 9.53 Å². The molecule has 0 spiro atoms. The highest BCUT2D eigenvalue weighted by molar-refractivity contribution is 5.94. The van der Waals surface area contributed by atoms with Crippen LogP contribution in [0.1, 0.15) is 34.7 Å². The van der Waals surface area contributed by atoms with E-state index in [0.29, 0.717) is 23.1 Å². The third-order valence-corrected chi connectivity index (χ3v) is 5.22. The fourth-order valence-electron chi connectivity index (χ4n) is 3.68. The molecule has 1 fully saturated rings. The van der Waals surface area contributed by atoms with E-state index >= 15 is 0 Å². The van der Waals surface area contributed by atoms with Gasteiger partial charge in [0.2, 0.25) is 5.88 Å². The van der Waals surface area contributed by atoms with E-state index in [1.807, 2.05) is 41.6 Å². The average Bonchev–Trinajstić information content (AvgIpc) is 2.79. The predicted molar refractivity (Wildman–Crippen MR) is 106 cm³/mol. The zero-order valence-corrected chi connectivity index (χ0v) is 15.8. The molecule has 0 aliphatic carbocycles. The molecule has 1 aliphatic rings. The Morgan fingerprint density at radius 3 is 2.32 bits per heavy atom. The van der Waals surface area contributed by atoms with E-state index in [4.69, 9.17) is 4.74 Å². The van der Waals surface area contributed by atoms with Crippen LogP contribution in [-0.2, 0) is 0 Å². The fourth-order valence-corrected chi connectivity index (χ4v) is 3.68. The molecule has 1 amide bonds.